The Kier molecular flexibility index (Phi) is 6.66. The van der Waals surface area contributed by atoms with Gasteiger partial charge in [-0.05, 0) is 40.5 Å². The molecule has 0 saturated heterocycles. The van der Waals surface area contributed by atoms with Crippen LogP contribution in [0.3, 0.4) is 0 Å². The molecule has 1 amide bonds. The van der Waals surface area contributed by atoms with E-state index in [4.69, 9.17) is 10.3 Å². The van der Waals surface area contributed by atoms with Crippen LogP contribution in [0.2, 0.25) is 0 Å². The van der Waals surface area contributed by atoms with Crippen LogP contribution in [0.1, 0.15) is 51.0 Å². The van der Waals surface area contributed by atoms with Crippen LogP contribution in [0.5, 0.6) is 0 Å². The van der Waals surface area contributed by atoms with Crippen molar-refractivity contribution in [2.24, 2.45) is 5.73 Å². The number of sulfonamides is 1. The number of aryl methyl sites for hydroxylation is 2. The molecule has 0 unspecified atom stereocenters. The van der Waals surface area contributed by atoms with Gasteiger partial charge < -0.3 is 15.6 Å². The first-order chi connectivity index (χ1) is 11.0. The summed E-state index contributed by atoms with van der Waals surface area (Å²) in [6, 6.07) is 0. The number of nitrogens with two attached hydrogens (primary N) is 1. The molecule has 2 rings (SSSR count). The van der Waals surface area contributed by atoms with Crippen molar-refractivity contribution in [2.45, 2.75) is 69.4 Å². The number of hydrogen-bond acceptors (Lipinski definition) is 6. The van der Waals surface area contributed by atoms with Gasteiger partial charge in [-0.1, -0.05) is 18.0 Å². The lowest BCUT2D eigenvalue weighted by Gasteiger charge is -2.30. The highest BCUT2D eigenvalue weighted by molar-refractivity contribution is 7.89. The van der Waals surface area contributed by atoms with Crippen LogP contribution in [0.15, 0.2) is 9.42 Å². The lowest BCUT2D eigenvalue weighted by atomic mass is 9.97. The summed E-state index contributed by atoms with van der Waals surface area (Å²) in [5, 5.41) is 6.45. The Balaban J connectivity index is 0.00000312. The number of carbonyl (C=O) groups is 1. The van der Waals surface area contributed by atoms with E-state index in [1.807, 2.05) is 0 Å². The van der Waals surface area contributed by atoms with Gasteiger partial charge in [0.15, 0.2) is 5.76 Å². The maximum absolute atomic E-state index is 12.8. The molecular formula is C15H27ClN4O4S. The first kappa shape index (κ1) is 21.9. The zero-order valence-corrected chi connectivity index (χ0v) is 16.6. The summed E-state index contributed by atoms with van der Waals surface area (Å²) < 4.78 is 33.1. The summed E-state index contributed by atoms with van der Waals surface area (Å²) in [5.41, 5.74) is 4.44. The molecule has 0 bridgehead atoms. The minimum Gasteiger partial charge on any atom is -0.360 e. The molecule has 0 aliphatic heterocycles. The minimum atomic E-state index is -3.92. The average Bonchev–Trinajstić information content (AvgIpc) is 3.03. The molecule has 0 radical (unpaired) electrons. The van der Waals surface area contributed by atoms with Crippen molar-refractivity contribution in [1.29, 1.82) is 0 Å². The number of nitrogens with zero attached hydrogens (tertiary/aromatic N) is 1. The number of amides is 1. The van der Waals surface area contributed by atoms with E-state index in [1.54, 1.807) is 20.8 Å². The molecule has 4 N–H and O–H groups in total. The molecule has 0 spiro atoms. The number of carbonyl (C=O) groups excluding carboxylic acids is 1. The lowest BCUT2D eigenvalue weighted by molar-refractivity contribution is -0.127. The van der Waals surface area contributed by atoms with Crippen molar-refractivity contribution in [2.75, 3.05) is 6.54 Å². The summed E-state index contributed by atoms with van der Waals surface area (Å²) in [6.45, 7) is 6.95. The molecule has 8 nitrogen and oxygen atoms in total. The number of rotatable bonds is 6. The number of nitrogens with one attached hydrogen (secondary N) is 2. The second kappa shape index (κ2) is 7.61. The van der Waals surface area contributed by atoms with Crippen molar-refractivity contribution >= 4 is 28.3 Å². The minimum absolute atomic E-state index is 0. The van der Waals surface area contributed by atoms with Crippen molar-refractivity contribution in [3.8, 4) is 0 Å². The fourth-order valence-electron chi connectivity index (χ4n) is 3.00. The van der Waals surface area contributed by atoms with Crippen LogP contribution in [0, 0.1) is 13.8 Å². The third-order valence-electron chi connectivity index (χ3n) is 4.16. The van der Waals surface area contributed by atoms with E-state index in [9.17, 15) is 13.2 Å². The smallest absolute Gasteiger partial charge is 0.246 e. The summed E-state index contributed by atoms with van der Waals surface area (Å²) in [4.78, 5) is 12.7. The van der Waals surface area contributed by atoms with E-state index in [0.29, 0.717) is 12.8 Å². The normalized spacial score (nSPS) is 17.2. The lowest BCUT2D eigenvalue weighted by Crippen LogP contribution is -2.59. The molecule has 0 aromatic carbocycles. The topological polar surface area (TPSA) is 127 Å². The molecule has 1 aromatic heterocycles. The Bertz CT molecular complexity index is 699. The van der Waals surface area contributed by atoms with E-state index >= 15 is 0 Å². The Morgan fingerprint density at radius 3 is 2.32 bits per heavy atom. The molecule has 1 aliphatic carbocycles. The van der Waals surface area contributed by atoms with Gasteiger partial charge in [-0.15, -0.1) is 12.4 Å². The van der Waals surface area contributed by atoms with Crippen LogP contribution < -0.4 is 15.8 Å². The highest BCUT2D eigenvalue weighted by Crippen LogP contribution is 2.32. The fourth-order valence-corrected chi connectivity index (χ4v) is 4.75. The monoisotopic (exact) mass is 394 g/mol. The molecule has 1 aliphatic rings. The quantitative estimate of drug-likeness (QED) is 0.664. The largest absolute Gasteiger partial charge is 0.360 e. The van der Waals surface area contributed by atoms with Crippen LogP contribution in [0.25, 0.3) is 0 Å². The van der Waals surface area contributed by atoms with E-state index in [2.05, 4.69) is 15.2 Å². The molecule has 0 atom stereocenters. The maximum Gasteiger partial charge on any atom is 0.246 e. The van der Waals surface area contributed by atoms with Crippen LogP contribution in [-0.2, 0) is 14.8 Å². The predicted molar refractivity (Wildman–Crippen MR) is 96.0 cm³/mol. The highest BCUT2D eigenvalue weighted by Gasteiger charge is 2.45. The van der Waals surface area contributed by atoms with Gasteiger partial charge in [-0.25, -0.2) is 8.42 Å². The van der Waals surface area contributed by atoms with Gasteiger partial charge in [-0.2, -0.15) is 4.72 Å². The maximum atomic E-state index is 12.8. The van der Waals surface area contributed by atoms with E-state index in [0.717, 1.165) is 12.8 Å². The van der Waals surface area contributed by atoms with Crippen LogP contribution >= 0.6 is 12.4 Å². The summed E-state index contributed by atoms with van der Waals surface area (Å²) in [7, 11) is -3.92. The van der Waals surface area contributed by atoms with Gasteiger partial charge in [0.25, 0.3) is 0 Å². The fraction of sp³-hybridized carbons (Fsp3) is 0.733. The first-order valence-corrected chi connectivity index (χ1v) is 9.49. The van der Waals surface area contributed by atoms with E-state index < -0.39 is 21.1 Å². The summed E-state index contributed by atoms with van der Waals surface area (Å²) in [6.07, 6.45) is 2.46. The van der Waals surface area contributed by atoms with Gasteiger partial charge in [0.05, 0.1) is 0 Å². The molecule has 1 saturated carbocycles. The van der Waals surface area contributed by atoms with Crippen molar-refractivity contribution in [3.63, 3.8) is 0 Å². The molecule has 144 valence electrons. The molecule has 1 heterocycles. The summed E-state index contributed by atoms with van der Waals surface area (Å²) >= 11 is 0. The zero-order chi connectivity index (χ0) is 18.2. The second-order valence-corrected chi connectivity index (χ2v) is 8.84. The van der Waals surface area contributed by atoms with Gasteiger partial charge in [0.1, 0.15) is 16.1 Å². The molecular weight excluding hydrogens is 368 g/mol. The van der Waals surface area contributed by atoms with Gasteiger partial charge in [-0.3, -0.25) is 4.79 Å². The SMILES string of the molecule is Cc1noc(C)c1S(=O)(=O)NC1(C(=O)NCC(C)(C)N)CCCC1.Cl. The van der Waals surface area contributed by atoms with E-state index in [1.165, 1.54) is 6.92 Å². The highest BCUT2D eigenvalue weighted by atomic mass is 35.5. The third kappa shape index (κ3) is 4.93. The van der Waals surface area contributed by atoms with Gasteiger partial charge >= 0.3 is 0 Å². The van der Waals surface area contributed by atoms with Crippen molar-refractivity contribution < 1.29 is 17.7 Å². The Hall–Kier alpha value is -1.16. The third-order valence-corrected chi connectivity index (χ3v) is 5.94. The van der Waals surface area contributed by atoms with Crippen molar-refractivity contribution in [3.05, 3.63) is 11.5 Å². The molecule has 25 heavy (non-hydrogen) atoms. The summed E-state index contributed by atoms with van der Waals surface area (Å²) in [5.74, 6) is -0.134. The Labute approximate surface area is 154 Å². The van der Waals surface area contributed by atoms with Gasteiger partial charge in [0.2, 0.25) is 15.9 Å². The standard InChI is InChI=1S/C15H26N4O4S.ClH/c1-10-12(11(2)23-18-10)24(21,22)19-15(7-5-6-8-15)13(20)17-9-14(3,4)16;/h19H,5-9,16H2,1-4H3,(H,17,20);1H. The first-order valence-electron chi connectivity index (χ1n) is 8.01. The number of halogens is 1. The van der Waals surface area contributed by atoms with Gasteiger partial charge in [0, 0.05) is 12.1 Å². The number of aromatic nitrogens is 1. The Morgan fingerprint density at radius 2 is 1.88 bits per heavy atom. The van der Waals surface area contributed by atoms with Crippen LogP contribution in [-0.4, -0.2) is 37.1 Å². The van der Waals surface area contributed by atoms with Crippen LogP contribution in [0.4, 0.5) is 0 Å². The molecule has 1 aromatic rings. The zero-order valence-electron chi connectivity index (χ0n) is 15.0. The number of hydrogen-bond donors (Lipinski definition) is 3. The second-order valence-electron chi connectivity index (χ2n) is 7.22. The predicted octanol–water partition coefficient (Wildman–Crippen LogP) is 1.16. The average molecular weight is 395 g/mol. The molecule has 1 fully saturated rings. The molecule has 10 heteroatoms. The van der Waals surface area contributed by atoms with Crippen molar-refractivity contribution in [1.82, 2.24) is 15.2 Å². The Morgan fingerprint density at radius 1 is 1.32 bits per heavy atom. The van der Waals surface area contributed by atoms with E-state index in [-0.39, 0.29) is 41.2 Å².